The van der Waals surface area contributed by atoms with Crippen LogP contribution in [0.3, 0.4) is 0 Å². The van der Waals surface area contributed by atoms with Crippen molar-refractivity contribution in [3.8, 4) is 0 Å². The van der Waals surface area contributed by atoms with Gasteiger partial charge in [0.2, 0.25) is 0 Å². The first-order chi connectivity index (χ1) is 7.63. The van der Waals surface area contributed by atoms with E-state index in [0.29, 0.717) is 6.54 Å². The second-order valence-corrected chi connectivity index (χ2v) is 3.86. The zero-order chi connectivity index (χ0) is 12.0. The molecule has 5 nitrogen and oxygen atoms in total. The zero-order valence-corrected chi connectivity index (χ0v) is 10.2. The minimum atomic E-state index is -0.128. The number of hydrogen-bond acceptors (Lipinski definition) is 2. The van der Waals surface area contributed by atoms with Crippen LogP contribution < -0.4 is 10.6 Å². The van der Waals surface area contributed by atoms with Gasteiger partial charge in [-0.15, -0.1) is 0 Å². The van der Waals surface area contributed by atoms with E-state index in [-0.39, 0.29) is 6.03 Å². The van der Waals surface area contributed by atoms with Crippen LogP contribution in [-0.2, 0) is 13.6 Å². The number of carbonyl (C=O) groups is 1. The van der Waals surface area contributed by atoms with E-state index in [9.17, 15) is 4.79 Å². The van der Waals surface area contributed by atoms with Crippen molar-refractivity contribution in [3.05, 3.63) is 17.5 Å². The molecule has 2 amide bonds. The molecule has 90 valence electrons. The minimum absolute atomic E-state index is 0.128. The van der Waals surface area contributed by atoms with Gasteiger partial charge in [0.15, 0.2) is 0 Å². The van der Waals surface area contributed by atoms with E-state index in [0.717, 1.165) is 30.8 Å². The number of amides is 2. The van der Waals surface area contributed by atoms with Crippen molar-refractivity contribution in [3.63, 3.8) is 0 Å². The lowest BCUT2D eigenvalue weighted by atomic mass is 10.3. The second-order valence-electron chi connectivity index (χ2n) is 3.86. The van der Waals surface area contributed by atoms with Crippen LogP contribution in [0.15, 0.2) is 6.07 Å². The molecule has 0 aliphatic carbocycles. The Balaban J connectivity index is 2.26. The summed E-state index contributed by atoms with van der Waals surface area (Å²) in [5.74, 6) is 0. The van der Waals surface area contributed by atoms with Crippen molar-refractivity contribution in [1.82, 2.24) is 20.4 Å². The molecule has 1 aromatic rings. The Kier molecular flexibility index (Phi) is 4.82. The highest BCUT2D eigenvalue weighted by Gasteiger charge is 2.03. The maximum Gasteiger partial charge on any atom is 0.315 e. The average molecular weight is 224 g/mol. The molecule has 0 saturated carbocycles. The molecule has 16 heavy (non-hydrogen) atoms. The van der Waals surface area contributed by atoms with Crippen LogP contribution in [0.4, 0.5) is 4.79 Å². The van der Waals surface area contributed by atoms with Crippen molar-refractivity contribution in [2.75, 3.05) is 6.54 Å². The van der Waals surface area contributed by atoms with Gasteiger partial charge in [0, 0.05) is 19.3 Å². The van der Waals surface area contributed by atoms with E-state index in [1.54, 1.807) is 4.68 Å². The summed E-state index contributed by atoms with van der Waals surface area (Å²) in [6.45, 7) is 5.28. The SMILES string of the molecule is CCCCNC(=O)NCc1cc(C)n(C)n1. The molecule has 0 aliphatic rings. The summed E-state index contributed by atoms with van der Waals surface area (Å²) < 4.78 is 1.80. The first kappa shape index (κ1) is 12.5. The molecule has 0 spiro atoms. The molecule has 5 heteroatoms. The third kappa shape index (κ3) is 3.92. The van der Waals surface area contributed by atoms with Gasteiger partial charge in [0.05, 0.1) is 12.2 Å². The van der Waals surface area contributed by atoms with Crippen molar-refractivity contribution in [1.29, 1.82) is 0 Å². The Morgan fingerprint density at radius 3 is 2.81 bits per heavy atom. The fraction of sp³-hybridized carbons (Fsp3) is 0.636. The van der Waals surface area contributed by atoms with Crippen LogP contribution in [0.2, 0.25) is 0 Å². The Bertz CT molecular complexity index is 326. The van der Waals surface area contributed by atoms with Gasteiger partial charge in [0.25, 0.3) is 0 Å². The lowest BCUT2D eigenvalue weighted by Crippen LogP contribution is -2.35. The molecule has 1 rings (SSSR count). The number of nitrogens with zero attached hydrogens (tertiary/aromatic N) is 2. The van der Waals surface area contributed by atoms with Gasteiger partial charge in [0.1, 0.15) is 0 Å². The highest BCUT2D eigenvalue weighted by molar-refractivity contribution is 5.73. The average Bonchev–Trinajstić information content (AvgIpc) is 2.56. The van der Waals surface area contributed by atoms with Gasteiger partial charge < -0.3 is 10.6 Å². The zero-order valence-electron chi connectivity index (χ0n) is 10.2. The van der Waals surface area contributed by atoms with Crippen molar-refractivity contribution in [2.45, 2.75) is 33.2 Å². The lowest BCUT2D eigenvalue weighted by Gasteiger charge is -2.05. The van der Waals surface area contributed by atoms with Gasteiger partial charge in [-0.25, -0.2) is 4.79 Å². The smallest absolute Gasteiger partial charge is 0.315 e. The highest BCUT2D eigenvalue weighted by atomic mass is 16.2. The molecular formula is C11H20N4O. The van der Waals surface area contributed by atoms with Crippen LogP contribution in [0.25, 0.3) is 0 Å². The maximum atomic E-state index is 11.3. The van der Waals surface area contributed by atoms with Gasteiger partial charge >= 0.3 is 6.03 Å². The van der Waals surface area contributed by atoms with E-state index in [2.05, 4.69) is 22.7 Å². The molecule has 1 heterocycles. The molecular weight excluding hydrogens is 204 g/mol. The normalized spacial score (nSPS) is 10.2. The first-order valence-electron chi connectivity index (χ1n) is 5.64. The summed E-state index contributed by atoms with van der Waals surface area (Å²) in [5.41, 5.74) is 1.97. The molecule has 0 bridgehead atoms. The van der Waals surface area contributed by atoms with Crippen molar-refractivity contribution >= 4 is 6.03 Å². The quantitative estimate of drug-likeness (QED) is 0.741. The standard InChI is InChI=1S/C11H20N4O/c1-4-5-6-12-11(16)13-8-10-7-9(2)15(3)14-10/h7H,4-6,8H2,1-3H3,(H2,12,13,16). The van der Waals surface area contributed by atoms with Crippen LogP contribution in [0, 0.1) is 6.92 Å². The van der Waals surface area contributed by atoms with Gasteiger partial charge in [-0.2, -0.15) is 5.10 Å². The minimum Gasteiger partial charge on any atom is -0.338 e. The number of nitrogens with one attached hydrogen (secondary N) is 2. The number of hydrogen-bond donors (Lipinski definition) is 2. The molecule has 0 fully saturated rings. The monoisotopic (exact) mass is 224 g/mol. The molecule has 0 radical (unpaired) electrons. The number of rotatable bonds is 5. The molecule has 1 aromatic heterocycles. The van der Waals surface area contributed by atoms with Gasteiger partial charge in [-0.1, -0.05) is 13.3 Å². The number of unbranched alkanes of at least 4 members (excludes halogenated alkanes) is 1. The Hall–Kier alpha value is -1.52. The first-order valence-corrected chi connectivity index (χ1v) is 5.64. The van der Waals surface area contributed by atoms with Crippen molar-refractivity contribution in [2.24, 2.45) is 7.05 Å². The molecule has 0 aromatic carbocycles. The van der Waals surface area contributed by atoms with Crippen molar-refractivity contribution < 1.29 is 4.79 Å². The van der Waals surface area contributed by atoms with E-state index < -0.39 is 0 Å². The maximum absolute atomic E-state index is 11.3. The second kappa shape index (κ2) is 6.15. The molecule has 0 aliphatic heterocycles. The van der Waals surface area contributed by atoms with E-state index in [1.165, 1.54) is 0 Å². The summed E-state index contributed by atoms with van der Waals surface area (Å²) in [4.78, 5) is 11.3. The highest BCUT2D eigenvalue weighted by Crippen LogP contribution is 2.00. The number of urea groups is 1. The topological polar surface area (TPSA) is 59.0 Å². The molecule has 0 saturated heterocycles. The summed E-state index contributed by atoms with van der Waals surface area (Å²) in [7, 11) is 1.89. The van der Waals surface area contributed by atoms with Crippen LogP contribution in [0.5, 0.6) is 0 Å². The molecule has 0 atom stereocenters. The molecule has 2 N–H and O–H groups in total. The fourth-order valence-corrected chi connectivity index (χ4v) is 1.33. The number of aromatic nitrogens is 2. The predicted octanol–water partition coefficient (Wildman–Crippen LogP) is 1.33. The largest absolute Gasteiger partial charge is 0.338 e. The summed E-state index contributed by atoms with van der Waals surface area (Å²) in [6.07, 6.45) is 2.09. The van der Waals surface area contributed by atoms with Gasteiger partial charge in [-0.3, -0.25) is 4.68 Å². The third-order valence-corrected chi connectivity index (χ3v) is 2.41. The summed E-state index contributed by atoms with van der Waals surface area (Å²) >= 11 is 0. The van der Waals surface area contributed by atoms with E-state index in [1.807, 2.05) is 20.0 Å². The third-order valence-electron chi connectivity index (χ3n) is 2.41. The Morgan fingerprint density at radius 2 is 2.25 bits per heavy atom. The van der Waals surface area contributed by atoms with Crippen LogP contribution >= 0.6 is 0 Å². The summed E-state index contributed by atoms with van der Waals surface area (Å²) in [6, 6.07) is 1.84. The Morgan fingerprint density at radius 1 is 1.50 bits per heavy atom. The summed E-state index contributed by atoms with van der Waals surface area (Å²) in [5, 5.41) is 9.82. The van der Waals surface area contributed by atoms with Crippen LogP contribution in [-0.4, -0.2) is 22.4 Å². The predicted molar refractivity (Wildman–Crippen MR) is 63.1 cm³/mol. The van der Waals surface area contributed by atoms with Gasteiger partial charge in [-0.05, 0) is 19.4 Å². The van der Waals surface area contributed by atoms with Crippen LogP contribution in [0.1, 0.15) is 31.2 Å². The lowest BCUT2D eigenvalue weighted by molar-refractivity contribution is 0.240. The van der Waals surface area contributed by atoms with E-state index in [4.69, 9.17) is 0 Å². The fourth-order valence-electron chi connectivity index (χ4n) is 1.33. The van der Waals surface area contributed by atoms with E-state index >= 15 is 0 Å². The molecule has 0 unspecified atom stereocenters. The number of carbonyl (C=O) groups excluding carboxylic acids is 1. The Labute approximate surface area is 96.2 Å². The number of aryl methyl sites for hydroxylation is 2.